The van der Waals surface area contributed by atoms with E-state index in [1.807, 2.05) is 50.2 Å². The number of methoxy groups -OCH3 is 2. The highest BCUT2D eigenvalue weighted by Crippen LogP contribution is 2.44. The van der Waals surface area contributed by atoms with Gasteiger partial charge in [0.15, 0.2) is 11.5 Å². The van der Waals surface area contributed by atoms with E-state index in [-0.39, 0.29) is 11.3 Å². The number of hydrogen-bond acceptors (Lipinski definition) is 5. The van der Waals surface area contributed by atoms with Crippen LogP contribution in [0.4, 0.5) is 5.69 Å². The molecule has 0 aromatic heterocycles. The zero-order valence-electron chi connectivity index (χ0n) is 20.6. The van der Waals surface area contributed by atoms with Crippen molar-refractivity contribution >= 4 is 23.1 Å². The molecule has 1 unspecified atom stereocenters. The van der Waals surface area contributed by atoms with Crippen molar-refractivity contribution in [2.75, 3.05) is 19.1 Å². The minimum atomic E-state index is -0.805. The molecule has 0 radical (unpaired) electrons. The SMILES string of the molecule is CCc1ccc(C2/C(=C(\O)c3ccc(C)c(C)c3)C(=O)C(=O)N2c2ccc(OC)c(OC)c2)cc1. The first-order valence-corrected chi connectivity index (χ1v) is 11.5. The number of aliphatic hydroxyl groups excluding tert-OH is 1. The first-order valence-electron chi connectivity index (χ1n) is 11.5. The lowest BCUT2D eigenvalue weighted by Crippen LogP contribution is -2.29. The molecule has 0 bridgehead atoms. The first kappa shape index (κ1) is 24.1. The topological polar surface area (TPSA) is 76.1 Å². The van der Waals surface area contributed by atoms with E-state index in [0.29, 0.717) is 22.7 Å². The van der Waals surface area contributed by atoms with Crippen molar-refractivity contribution in [1.82, 2.24) is 0 Å². The number of nitrogens with zero attached hydrogens (tertiary/aromatic N) is 1. The molecule has 1 atom stereocenters. The van der Waals surface area contributed by atoms with Crippen LogP contribution in [0.1, 0.15) is 40.8 Å². The molecule has 1 heterocycles. The fourth-order valence-corrected chi connectivity index (χ4v) is 4.37. The minimum absolute atomic E-state index is 0.0530. The minimum Gasteiger partial charge on any atom is -0.507 e. The first-order chi connectivity index (χ1) is 16.8. The van der Waals surface area contributed by atoms with Gasteiger partial charge in [-0.2, -0.15) is 0 Å². The van der Waals surface area contributed by atoms with Crippen LogP contribution in [0.25, 0.3) is 5.76 Å². The summed E-state index contributed by atoms with van der Waals surface area (Å²) in [5.41, 5.74) is 4.91. The third-order valence-corrected chi connectivity index (χ3v) is 6.57. The van der Waals surface area contributed by atoms with Gasteiger partial charge in [-0.25, -0.2) is 0 Å². The molecule has 6 nitrogen and oxygen atoms in total. The molecular weight excluding hydrogens is 442 g/mol. The Balaban J connectivity index is 1.94. The molecule has 6 heteroatoms. The Labute approximate surface area is 205 Å². The molecule has 1 aliphatic heterocycles. The Bertz CT molecular complexity index is 1320. The lowest BCUT2D eigenvalue weighted by Gasteiger charge is -2.26. The summed E-state index contributed by atoms with van der Waals surface area (Å²) >= 11 is 0. The largest absolute Gasteiger partial charge is 0.507 e. The van der Waals surface area contributed by atoms with Crippen LogP contribution < -0.4 is 14.4 Å². The molecule has 35 heavy (non-hydrogen) atoms. The molecule has 1 saturated heterocycles. The van der Waals surface area contributed by atoms with Gasteiger partial charge in [-0.3, -0.25) is 14.5 Å². The number of carbonyl (C=O) groups excluding carboxylic acids is 2. The standard InChI is InChI=1S/C29H29NO5/c1-6-19-8-11-20(12-9-19)26-25(27(31)21-10-7-17(2)18(3)15-21)28(32)29(33)30(26)22-13-14-23(34-4)24(16-22)35-5/h7-16,26,31H,6H2,1-5H3/b27-25+. The monoisotopic (exact) mass is 471 g/mol. The maximum absolute atomic E-state index is 13.4. The van der Waals surface area contributed by atoms with Crippen LogP contribution in [0.2, 0.25) is 0 Å². The number of amides is 1. The Hall–Kier alpha value is -4.06. The molecule has 0 spiro atoms. The summed E-state index contributed by atoms with van der Waals surface area (Å²) in [6, 6.07) is 17.5. The van der Waals surface area contributed by atoms with Gasteiger partial charge in [-0.15, -0.1) is 0 Å². The summed E-state index contributed by atoms with van der Waals surface area (Å²) < 4.78 is 10.8. The molecule has 3 aromatic rings. The highest BCUT2D eigenvalue weighted by atomic mass is 16.5. The van der Waals surface area contributed by atoms with Crippen molar-refractivity contribution in [1.29, 1.82) is 0 Å². The van der Waals surface area contributed by atoms with Crippen LogP contribution in [0.15, 0.2) is 66.2 Å². The lowest BCUT2D eigenvalue weighted by molar-refractivity contribution is -0.132. The molecular formula is C29H29NO5. The van der Waals surface area contributed by atoms with E-state index in [1.165, 1.54) is 19.1 Å². The smallest absolute Gasteiger partial charge is 0.300 e. The summed E-state index contributed by atoms with van der Waals surface area (Å²) in [7, 11) is 3.04. The molecule has 1 N–H and O–H groups in total. The molecule has 180 valence electrons. The van der Waals surface area contributed by atoms with Gasteiger partial charge in [0, 0.05) is 17.3 Å². The van der Waals surface area contributed by atoms with E-state index in [1.54, 1.807) is 24.3 Å². The summed E-state index contributed by atoms with van der Waals surface area (Å²) in [6.45, 7) is 5.98. The number of rotatable bonds is 6. The number of ketones is 1. The van der Waals surface area contributed by atoms with Gasteiger partial charge in [0.25, 0.3) is 11.7 Å². The number of carbonyl (C=O) groups is 2. The molecule has 1 amide bonds. The van der Waals surface area contributed by atoms with Crippen LogP contribution in [0.3, 0.4) is 0 Å². The van der Waals surface area contributed by atoms with E-state index in [0.717, 1.165) is 28.7 Å². The number of aryl methyl sites for hydroxylation is 3. The van der Waals surface area contributed by atoms with Gasteiger partial charge in [0.05, 0.1) is 25.8 Å². The lowest BCUT2D eigenvalue weighted by atomic mass is 9.93. The van der Waals surface area contributed by atoms with Crippen LogP contribution >= 0.6 is 0 Å². The predicted octanol–water partition coefficient (Wildman–Crippen LogP) is 5.51. The predicted molar refractivity (Wildman–Crippen MR) is 136 cm³/mol. The van der Waals surface area contributed by atoms with Gasteiger partial charge < -0.3 is 14.6 Å². The van der Waals surface area contributed by atoms with E-state index < -0.39 is 17.7 Å². The molecule has 0 aliphatic carbocycles. The highest BCUT2D eigenvalue weighted by Gasteiger charge is 2.47. The van der Waals surface area contributed by atoms with Crippen molar-refractivity contribution in [2.24, 2.45) is 0 Å². The molecule has 3 aromatic carbocycles. The van der Waals surface area contributed by atoms with Crippen molar-refractivity contribution in [2.45, 2.75) is 33.2 Å². The Morgan fingerprint density at radius 1 is 0.886 bits per heavy atom. The Kier molecular flexibility index (Phi) is 6.65. The van der Waals surface area contributed by atoms with Gasteiger partial charge in [0.1, 0.15) is 5.76 Å². The average molecular weight is 472 g/mol. The molecule has 1 fully saturated rings. The van der Waals surface area contributed by atoms with Crippen LogP contribution in [-0.4, -0.2) is 31.0 Å². The van der Waals surface area contributed by atoms with Crippen LogP contribution in [-0.2, 0) is 16.0 Å². The van der Waals surface area contributed by atoms with Gasteiger partial charge >= 0.3 is 0 Å². The van der Waals surface area contributed by atoms with Gasteiger partial charge in [-0.05, 0) is 60.7 Å². The van der Waals surface area contributed by atoms with E-state index in [4.69, 9.17) is 9.47 Å². The maximum Gasteiger partial charge on any atom is 0.300 e. The van der Waals surface area contributed by atoms with Crippen LogP contribution in [0.5, 0.6) is 11.5 Å². The summed E-state index contributed by atoms with van der Waals surface area (Å²) in [5.74, 6) is -0.709. The summed E-state index contributed by atoms with van der Waals surface area (Å²) in [4.78, 5) is 28.2. The number of Topliss-reactive ketones (excluding diaryl/α,β-unsaturated/α-hetero) is 1. The van der Waals surface area contributed by atoms with E-state index >= 15 is 0 Å². The van der Waals surface area contributed by atoms with Crippen molar-refractivity contribution in [3.63, 3.8) is 0 Å². The number of anilines is 1. The summed E-state index contributed by atoms with van der Waals surface area (Å²) in [5, 5.41) is 11.3. The molecule has 1 aliphatic rings. The second-order valence-corrected chi connectivity index (χ2v) is 8.60. The zero-order chi connectivity index (χ0) is 25.3. The second-order valence-electron chi connectivity index (χ2n) is 8.60. The Morgan fingerprint density at radius 2 is 1.57 bits per heavy atom. The average Bonchev–Trinajstić information content (AvgIpc) is 3.15. The fourth-order valence-electron chi connectivity index (χ4n) is 4.37. The van der Waals surface area contributed by atoms with Gasteiger partial charge in [0.2, 0.25) is 0 Å². The van der Waals surface area contributed by atoms with Crippen molar-refractivity contribution in [3.05, 3.63) is 94.1 Å². The molecule has 4 rings (SSSR count). The van der Waals surface area contributed by atoms with E-state index in [2.05, 4.69) is 6.92 Å². The van der Waals surface area contributed by atoms with E-state index in [9.17, 15) is 14.7 Å². The van der Waals surface area contributed by atoms with Crippen LogP contribution in [0, 0.1) is 13.8 Å². The maximum atomic E-state index is 13.4. The quantitative estimate of drug-likeness (QED) is 0.291. The Morgan fingerprint density at radius 3 is 2.17 bits per heavy atom. The normalized spacial score (nSPS) is 17.1. The number of ether oxygens (including phenoxy) is 2. The summed E-state index contributed by atoms with van der Waals surface area (Å²) in [6.07, 6.45) is 0.860. The highest BCUT2D eigenvalue weighted by molar-refractivity contribution is 6.51. The number of benzene rings is 3. The fraction of sp³-hybridized carbons (Fsp3) is 0.241. The van der Waals surface area contributed by atoms with Gasteiger partial charge in [-0.1, -0.05) is 43.3 Å². The van der Waals surface area contributed by atoms with Crippen molar-refractivity contribution in [3.8, 4) is 11.5 Å². The van der Waals surface area contributed by atoms with Crippen molar-refractivity contribution < 1.29 is 24.2 Å². The number of aliphatic hydroxyl groups is 1. The second kappa shape index (κ2) is 9.66. The molecule has 0 saturated carbocycles. The third-order valence-electron chi connectivity index (χ3n) is 6.57. The third kappa shape index (κ3) is 4.28. The number of hydrogen-bond donors (Lipinski definition) is 1. The zero-order valence-corrected chi connectivity index (χ0v) is 20.6.